The van der Waals surface area contributed by atoms with Gasteiger partial charge in [0.15, 0.2) is 0 Å². The Morgan fingerprint density at radius 1 is 1.50 bits per heavy atom. The van der Waals surface area contributed by atoms with E-state index in [0.29, 0.717) is 13.2 Å². The molecule has 0 saturated carbocycles. The molecular formula is C16H21NO3. The topological polar surface area (TPSA) is 47.6 Å². The van der Waals surface area contributed by atoms with Gasteiger partial charge in [0.05, 0.1) is 19.6 Å². The monoisotopic (exact) mass is 275 g/mol. The van der Waals surface area contributed by atoms with Gasteiger partial charge in [-0.2, -0.15) is 0 Å². The molecule has 1 aliphatic carbocycles. The summed E-state index contributed by atoms with van der Waals surface area (Å²) in [6.45, 7) is 3.85. The fraction of sp³-hybridized carbons (Fsp3) is 0.562. The molecule has 0 aromatic heterocycles. The molecule has 4 heteroatoms. The lowest BCUT2D eigenvalue weighted by Gasteiger charge is -2.30. The largest absolute Gasteiger partial charge is 0.497 e. The first-order valence-corrected chi connectivity index (χ1v) is 7.26. The Kier molecular flexibility index (Phi) is 3.42. The number of methoxy groups -OCH3 is 1. The highest BCUT2D eigenvalue weighted by molar-refractivity contribution is 5.76. The van der Waals surface area contributed by atoms with Gasteiger partial charge < -0.3 is 14.8 Å². The zero-order chi connectivity index (χ0) is 14.2. The first-order valence-electron chi connectivity index (χ1n) is 7.26. The van der Waals surface area contributed by atoms with E-state index in [2.05, 4.69) is 17.4 Å². The fourth-order valence-electron chi connectivity index (χ4n) is 3.71. The van der Waals surface area contributed by atoms with Crippen LogP contribution in [0.4, 0.5) is 0 Å². The summed E-state index contributed by atoms with van der Waals surface area (Å²) in [5.74, 6) is 0.698. The first-order chi connectivity index (χ1) is 9.71. The van der Waals surface area contributed by atoms with Crippen LogP contribution in [0.5, 0.6) is 5.75 Å². The van der Waals surface area contributed by atoms with Crippen molar-refractivity contribution in [2.45, 2.75) is 25.2 Å². The summed E-state index contributed by atoms with van der Waals surface area (Å²) < 4.78 is 10.6. The highest BCUT2D eigenvalue weighted by atomic mass is 16.5. The van der Waals surface area contributed by atoms with Crippen LogP contribution in [0.1, 0.15) is 24.5 Å². The molecule has 1 aliphatic heterocycles. The average molecular weight is 275 g/mol. The van der Waals surface area contributed by atoms with E-state index in [1.165, 1.54) is 11.1 Å². The maximum atomic E-state index is 12.3. The van der Waals surface area contributed by atoms with Crippen molar-refractivity contribution in [3.63, 3.8) is 0 Å². The van der Waals surface area contributed by atoms with Crippen molar-refractivity contribution in [1.82, 2.24) is 5.32 Å². The van der Waals surface area contributed by atoms with Crippen molar-refractivity contribution in [3.05, 3.63) is 29.3 Å². The van der Waals surface area contributed by atoms with E-state index in [0.717, 1.165) is 25.1 Å². The maximum Gasteiger partial charge on any atom is 0.311 e. The van der Waals surface area contributed by atoms with Crippen molar-refractivity contribution in [1.29, 1.82) is 0 Å². The number of esters is 1. The van der Waals surface area contributed by atoms with Crippen LogP contribution in [-0.2, 0) is 21.4 Å². The molecule has 3 rings (SSSR count). The normalized spacial score (nSPS) is 27.6. The van der Waals surface area contributed by atoms with Crippen LogP contribution in [0.3, 0.4) is 0 Å². The Morgan fingerprint density at radius 2 is 2.35 bits per heavy atom. The van der Waals surface area contributed by atoms with Gasteiger partial charge >= 0.3 is 5.97 Å². The number of fused-ring (bicyclic) bond motifs is 2. The number of hydrogen-bond donors (Lipinski definition) is 1. The molecule has 108 valence electrons. The molecule has 0 bridgehead atoms. The van der Waals surface area contributed by atoms with Gasteiger partial charge in [0, 0.05) is 18.5 Å². The molecule has 4 nitrogen and oxygen atoms in total. The van der Waals surface area contributed by atoms with Crippen molar-refractivity contribution in [2.75, 3.05) is 26.8 Å². The third-order valence-electron chi connectivity index (χ3n) is 4.72. The minimum absolute atomic E-state index is 0.0758. The van der Waals surface area contributed by atoms with E-state index in [1.54, 1.807) is 7.11 Å². The van der Waals surface area contributed by atoms with E-state index in [4.69, 9.17) is 9.47 Å². The van der Waals surface area contributed by atoms with Gasteiger partial charge in [-0.3, -0.25) is 4.79 Å². The molecule has 1 heterocycles. The second kappa shape index (κ2) is 5.09. The van der Waals surface area contributed by atoms with Crippen LogP contribution >= 0.6 is 0 Å². The van der Waals surface area contributed by atoms with E-state index >= 15 is 0 Å². The molecule has 0 amide bonds. The van der Waals surface area contributed by atoms with Gasteiger partial charge in [0.25, 0.3) is 0 Å². The number of rotatable bonds is 3. The highest BCUT2D eigenvalue weighted by Crippen LogP contribution is 2.47. The number of aryl methyl sites for hydroxylation is 1. The second-order valence-corrected chi connectivity index (χ2v) is 5.61. The Morgan fingerprint density at radius 3 is 3.10 bits per heavy atom. The number of nitrogens with one attached hydrogen (secondary N) is 1. The smallest absolute Gasteiger partial charge is 0.311 e. The molecule has 1 aromatic carbocycles. The van der Waals surface area contributed by atoms with Crippen LogP contribution in [0.15, 0.2) is 18.2 Å². The van der Waals surface area contributed by atoms with E-state index in [9.17, 15) is 4.79 Å². The van der Waals surface area contributed by atoms with Crippen molar-refractivity contribution >= 4 is 5.97 Å². The maximum absolute atomic E-state index is 12.3. The molecule has 1 spiro atoms. The third-order valence-corrected chi connectivity index (χ3v) is 4.72. The summed E-state index contributed by atoms with van der Waals surface area (Å²) in [6.07, 6.45) is 2.03. The second-order valence-electron chi connectivity index (χ2n) is 5.61. The van der Waals surface area contributed by atoms with E-state index < -0.39 is 0 Å². The third kappa shape index (κ3) is 1.90. The van der Waals surface area contributed by atoms with Gasteiger partial charge in [0.1, 0.15) is 5.75 Å². The molecule has 1 saturated heterocycles. The Labute approximate surface area is 119 Å². The summed E-state index contributed by atoms with van der Waals surface area (Å²) in [4.78, 5) is 12.3. The van der Waals surface area contributed by atoms with E-state index in [1.807, 2.05) is 13.0 Å². The molecule has 2 aliphatic rings. The molecule has 0 radical (unpaired) electrons. The van der Waals surface area contributed by atoms with E-state index in [-0.39, 0.29) is 17.3 Å². The Bertz CT molecular complexity index is 528. The zero-order valence-corrected chi connectivity index (χ0v) is 12.1. The molecule has 1 aromatic rings. The molecule has 2 atom stereocenters. The van der Waals surface area contributed by atoms with Crippen LogP contribution < -0.4 is 10.1 Å². The lowest BCUT2D eigenvalue weighted by Crippen LogP contribution is -2.38. The number of carbonyl (C=O) groups excluding carboxylic acids is 1. The Hall–Kier alpha value is -1.55. The Balaban J connectivity index is 2.00. The quantitative estimate of drug-likeness (QED) is 0.852. The van der Waals surface area contributed by atoms with Crippen molar-refractivity contribution in [3.8, 4) is 5.75 Å². The zero-order valence-electron chi connectivity index (χ0n) is 12.1. The SMILES string of the molecule is CCOC(=O)C1CNCC12CCc1ccc(OC)cc12. The van der Waals surface area contributed by atoms with Crippen molar-refractivity contribution in [2.24, 2.45) is 5.92 Å². The summed E-state index contributed by atoms with van der Waals surface area (Å²) in [6, 6.07) is 6.23. The lowest BCUT2D eigenvalue weighted by atomic mass is 9.73. The molecular weight excluding hydrogens is 254 g/mol. The molecule has 2 unspecified atom stereocenters. The summed E-state index contributed by atoms with van der Waals surface area (Å²) in [5.41, 5.74) is 2.49. The fourth-order valence-corrected chi connectivity index (χ4v) is 3.71. The first kappa shape index (κ1) is 13.4. The van der Waals surface area contributed by atoms with Gasteiger partial charge in [-0.25, -0.2) is 0 Å². The van der Waals surface area contributed by atoms with Crippen molar-refractivity contribution < 1.29 is 14.3 Å². The molecule has 20 heavy (non-hydrogen) atoms. The molecule has 1 N–H and O–H groups in total. The number of ether oxygens (including phenoxy) is 2. The average Bonchev–Trinajstić information content (AvgIpc) is 3.05. The highest BCUT2D eigenvalue weighted by Gasteiger charge is 2.52. The summed E-state index contributed by atoms with van der Waals surface area (Å²) in [5, 5.41) is 3.38. The van der Waals surface area contributed by atoms with Crippen LogP contribution in [0.2, 0.25) is 0 Å². The van der Waals surface area contributed by atoms with Gasteiger partial charge in [-0.15, -0.1) is 0 Å². The predicted octanol–water partition coefficient (Wildman–Crippen LogP) is 1.66. The molecule has 1 fully saturated rings. The van der Waals surface area contributed by atoms with Gasteiger partial charge in [-0.1, -0.05) is 6.07 Å². The van der Waals surface area contributed by atoms with Gasteiger partial charge in [-0.05, 0) is 43.0 Å². The lowest BCUT2D eigenvalue weighted by molar-refractivity contribution is -0.149. The summed E-state index contributed by atoms with van der Waals surface area (Å²) >= 11 is 0. The minimum atomic E-state index is -0.115. The van der Waals surface area contributed by atoms with Gasteiger partial charge in [0.2, 0.25) is 0 Å². The standard InChI is InChI=1S/C16H21NO3/c1-3-20-15(18)14-9-17-10-16(14)7-6-11-4-5-12(19-2)8-13(11)16/h4-5,8,14,17H,3,6-7,9-10H2,1-2H3. The predicted molar refractivity (Wildman–Crippen MR) is 76.0 cm³/mol. The summed E-state index contributed by atoms with van der Waals surface area (Å²) in [7, 11) is 1.68. The minimum Gasteiger partial charge on any atom is -0.497 e. The van der Waals surface area contributed by atoms with Crippen LogP contribution in [-0.4, -0.2) is 32.8 Å². The number of hydrogen-bond acceptors (Lipinski definition) is 4. The number of carbonyl (C=O) groups is 1. The number of benzene rings is 1. The van der Waals surface area contributed by atoms with Crippen LogP contribution in [0.25, 0.3) is 0 Å². The van der Waals surface area contributed by atoms with Crippen LogP contribution in [0, 0.1) is 5.92 Å².